The molecule has 15 heteroatoms. The molecule has 3 aromatic carbocycles. The Morgan fingerprint density at radius 2 is 1.56 bits per heavy atom. The number of methoxy groups -OCH3 is 1. The van der Waals surface area contributed by atoms with Gasteiger partial charge in [0.05, 0.1) is 29.4 Å². The number of pyridine rings is 1. The van der Waals surface area contributed by atoms with Crippen LogP contribution in [0.2, 0.25) is 0 Å². The van der Waals surface area contributed by atoms with E-state index in [-0.39, 0.29) is 28.1 Å². The smallest absolute Gasteiger partial charge is 0.422 e. The molecule has 11 nitrogen and oxygen atoms in total. The number of hydrogen-bond donors (Lipinski definition) is 1. The molecule has 1 fully saturated rings. The highest BCUT2D eigenvalue weighted by Gasteiger charge is 2.28. The van der Waals surface area contributed by atoms with Gasteiger partial charge in [-0.3, -0.25) is 14.4 Å². The maximum absolute atomic E-state index is 13.5. The number of piperazine rings is 1. The predicted octanol–water partition coefficient (Wildman–Crippen LogP) is 6.07. The summed E-state index contributed by atoms with van der Waals surface area (Å²) in [6, 6.07) is 23.0. The average molecular weight is 710 g/mol. The van der Waals surface area contributed by atoms with Crippen LogP contribution < -0.4 is 18.9 Å². The van der Waals surface area contributed by atoms with Gasteiger partial charge in [-0.25, -0.2) is 13.4 Å². The van der Waals surface area contributed by atoms with E-state index < -0.39 is 22.8 Å². The highest BCUT2D eigenvalue weighted by atomic mass is 32.2. The van der Waals surface area contributed by atoms with Crippen LogP contribution in [0.5, 0.6) is 23.1 Å². The van der Waals surface area contributed by atoms with Crippen LogP contribution in [0.4, 0.5) is 18.9 Å². The highest BCUT2D eigenvalue weighted by Crippen LogP contribution is 2.29. The second kappa shape index (κ2) is 14.3. The first-order valence-electron chi connectivity index (χ1n) is 15.6. The molecule has 1 saturated heterocycles. The van der Waals surface area contributed by atoms with Crippen molar-refractivity contribution in [3.05, 3.63) is 102 Å². The van der Waals surface area contributed by atoms with Gasteiger partial charge in [-0.1, -0.05) is 12.1 Å². The van der Waals surface area contributed by atoms with Crippen LogP contribution in [0, 0.1) is 0 Å². The summed E-state index contributed by atoms with van der Waals surface area (Å²) in [5.41, 5.74) is 2.53. The first-order valence-corrected chi connectivity index (χ1v) is 17.1. The lowest BCUT2D eigenvalue weighted by molar-refractivity contribution is -0.153. The lowest BCUT2D eigenvalue weighted by Crippen LogP contribution is -2.48. The molecule has 0 spiro atoms. The van der Waals surface area contributed by atoms with E-state index in [2.05, 4.69) is 14.6 Å². The molecule has 0 bridgehead atoms. The third kappa shape index (κ3) is 8.29. The molecule has 0 atom stereocenters. The topological polar surface area (TPSA) is 115 Å². The van der Waals surface area contributed by atoms with Gasteiger partial charge in [0, 0.05) is 57.3 Å². The fourth-order valence-corrected chi connectivity index (χ4v) is 6.60. The van der Waals surface area contributed by atoms with E-state index >= 15 is 0 Å². The Kier molecular flexibility index (Phi) is 9.88. The number of halogens is 3. The van der Waals surface area contributed by atoms with Crippen molar-refractivity contribution < 1.29 is 40.6 Å². The summed E-state index contributed by atoms with van der Waals surface area (Å²) >= 11 is 0. The standard InChI is InChI=1S/C35H34F3N5O6S/c1-41-31-20-29(49-33-14-6-26(21-39-33)40-50(45,46)30-12-10-27(47-2)11-13-30)9-5-25(31)19-32(41)34(44)43-17-15-42(16-18-43)22-24-3-7-28(8-4-24)48-23-35(36,37)38/h3-14,19-21,40H,15-18,22-23H2,1-2H3. The van der Waals surface area contributed by atoms with Gasteiger partial charge in [-0.05, 0) is 66.2 Å². The molecule has 1 N–H and O–H groups in total. The zero-order valence-corrected chi connectivity index (χ0v) is 28.0. The van der Waals surface area contributed by atoms with Gasteiger partial charge < -0.3 is 23.7 Å². The SMILES string of the molecule is COc1ccc(S(=O)(=O)Nc2ccc(Oc3ccc4cc(C(=O)N5CCN(Cc6ccc(OCC(F)(F)F)cc6)CC5)n(C)c4c3)nc2)cc1. The quantitative estimate of drug-likeness (QED) is 0.176. The molecule has 1 aliphatic heterocycles. The molecule has 1 amide bonds. The summed E-state index contributed by atoms with van der Waals surface area (Å²) in [6.45, 7) is 1.63. The Morgan fingerprint density at radius 3 is 2.20 bits per heavy atom. The lowest BCUT2D eigenvalue weighted by Gasteiger charge is -2.34. The molecule has 262 valence electrons. The van der Waals surface area contributed by atoms with Crippen molar-refractivity contribution in [3.63, 3.8) is 0 Å². The zero-order valence-electron chi connectivity index (χ0n) is 27.2. The minimum Gasteiger partial charge on any atom is -0.497 e. The van der Waals surface area contributed by atoms with Crippen LogP contribution in [0.25, 0.3) is 10.9 Å². The van der Waals surface area contributed by atoms with Crippen LogP contribution in [-0.4, -0.2) is 79.7 Å². The molecule has 1 aliphatic rings. The molecule has 6 rings (SSSR count). The normalized spacial score (nSPS) is 14.1. The van der Waals surface area contributed by atoms with Gasteiger partial charge in [0.15, 0.2) is 6.61 Å². The number of anilines is 1. The van der Waals surface area contributed by atoms with Gasteiger partial charge in [-0.15, -0.1) is 0 Å². The zero-order chi connectivity index (χ0) is 35.5. The van der Waals surface area contributed by atoms with E-state index in [0.29, 0.717) is 49.9 Å². The number of nitrogens with one attached hydrogen (secondary N) is 1. The minimum atomic E-state index is -4.39. The molecule has 0 saturated carbocycles. The summed E-state index contributed by atoms with van der Waals surface area (Å²) in [7, 11) is -0.508. The van der Waals surface area contributed by atoms with Crippen LogP contribution >= 0.6 is 0 Å². The second-order valence-corrected chi connectivity index (χ2v) is 13.4. The van der Waals surface area contributed by atoms with Gasteiger partial charge >= 0.3 is 6.18 Å². The van der Waals surface area contributed by atoms with Gasteiger partial charge in [0.25, 0.3) is 15.9 Å². The molecular weight excluding hydrogens is 675 g/mol. The Hall–Kier alpha value is -5.28. The number of aryl methyl sites for hydroxylation is 1. The summed E-state index contributed by atoms with van der Waals surface area (Å²) in [5, 5.41) is 0.862. The molecular formula is C35H34F3N5O6S. The molecule has 50 heavy (non-hydrogen) atoms. The number of ether oxygens (including phenoxy) is 3. The van der Waals surface area contributed by atoms with Crippen LogP contribution in [0.1, 0.15) is 16.1 Å². The maximum Gasteiger partial charge on any atom is 0.422 e. The summed E-state index contributed by atoms with van der Waals surface area (Å²) in [6.07, 6.45) is -3.03. The minimum absolute atomic E-state index is 0.0812. The van der Waals surface area contributed by atoms with Crippen molar-refractivity contribution >= 4 is 32.5 Å². The Balaban J connectivity index is 1.04. The van der Waals surface area contributed by atoms with E-state index in [0.717, 1.165) is 16.5 Å². The molecule has 0 unspecified atom stereocenters. The van der Waals surface area contributed by atoms with Crippen molar-refractivity contribution in [1.82, 2.24) is 19.4 Å². The second-order valence-electron chi connectivity index (χ2n) is 11.7. The number of benzene rings is 3. The predicted molar refractivity (Wildman–Crippen MR) is 180 cm³/mol. The number of nitrogens with zero attached hydrogens (tertiary/aromatic N) is 4. The Bertz CT molecular complexity index is 2060. The fraction of sp³-hybridized carbons (Fsp3) is 0.257. The number of carbonyl (C=O) groups is 1. The molecule has 0 aliphatic carbocycles. The molecule has 2 aromatic heterocycles. The van der Waals surface area contributed by atoms with Crippen LogP contribution in [0.15, 0.2) is 96.0 Å². The number of hydrogen-bond acceptors (Lipinski definition) is 8. The maximum atomic E-state index is 13.5. The largest absolute Gasteiger partial charge is 0.497 e. The van der Waals surface area contributed by atoms with E-state index in [1.165, 1.54) is 37.6 Å². The monoisotopic (exact) mass is 709 g/mol. The van der Waals surface area contributed by atoms with Crippen molar-refractivity contribution in [1.29, 1.82) is 0 Å². The average Bonchev–Trinajstić information content (AvgIpc) is 3.43. The number of fused-ring (bicyclic) bond motifs is 1. The molecule has 5 aromatic rings. The van der Waals surface area contributed by atoms with Crippen molar-refractivity contribution in [2.45, 2.75) is 17.6 Å². The van der Waals surface area contributed by atoms with Crippen molar-refractivity contribution in [3.8, 4) is 23.1 Å². The third-order valence-electron chi connectivity index (χ3n) is 8.21. The first-order chi connectivity index (χ1) is 23.9. The van der Waals surface area contributed by atoms with E-state index in [4.69, 9.17) is 14.2 Å². The number of amides is 1. The number of carbonyl (C=O) groups excluding carboxylic acids is 1. The van der Waals surface area contributed by atoms with Gasteiger partial charge in [0.2, 0.25) is 5.88 Å². The Morgan fingerprint density at radius 1 is 0.880 bits per heavy atom. The number of rotatable bonds is 11. The van der Waals surface area contributed by atoms with Crippen LogP contribution in [-0.2, 0) is 23.6 Å². The first kappa shape index (κ1) is 34.6. The number of alkyl halides is 3. The van der Waals surface area contributed by atoms with E-state index in [9.17, 15) is 26.4 Å². The van der Waals surface area contributed by atoms with Crippen molar-refractivity contribution in [2.75, 3.05) is 44.6 Å². The number of aromatic nitrogens is 2. The summed E-state index contributed by atoms with van der Waals surface area (Å²) in [4.78, 5) is 21.9. The number of sulfonamides is 1. The summed E-state index contributed by atoms with van der Waals surface area (Å²) in [5.74, 6) is 1.36. The van der Waals surface area contributed by atoms with Crippen molar-refractivity contribution in [2.24, 2.45) is 7.05 Å². The fourth-order valence-electron chi connectivity index (χ4n) is 5.55. The van der Waals surface area contributed by atoms with E-state index in [1.54, 1.807) is 42.5 Å². The van der Waals surface area contributed by atoms with Crippen LogP contribution in [0.3, 0.4) is 0 Å². The third-order valence-corrected chi connectivity index (χ3v) is 9.61. The Labute approximate surface area is 286 Å². The molecule has 0 radical (unpaired) electrons. The highest BCUT2D eigenvalue weighted by molar-refractivity contribution is 7.92. The lowest BCUT2D eigenvalue weighted by atomic mass is 10.2. The summed E-state index contributed by atoms with van der Waals surface area (Å²) < 4.78 is 82.8. The van der Waals surface area contributed by atoms with E-state index in [1.807, 2.05) is 34.7 Å². The van der Waals surface area contributed by atoms with Gasteiger partial charge in [0.1, 0.15) is 22.9 Å². The van der Waals surface area contributed by atoms with Gasteiger partial charge in [-0.2, -0.15) is 13.2 Å². The molecule has 3 heterocycles.